The van der Waals surface area contributed by atoms with Crippen LogP contribution in [0.25, 0.3) is 0 Å². The van der Waals surface area contributed by atoms with Crippen molar-refractivity contribution in [3.63, 3.8) is 0 Å². The van der Waals surface area contributed by atoms with Gasteiger partial charge < -0.3 is 10.1 Å². The molecule has 2 saturated carbocycles. The molecule has 2 bridgehead atoms. The summed E-state index contributed by atoms with van der Waals surface area (Å²) in [6.07, 6.45) is 5.84. The molecule has 2 aliphatic carbocycles. The van der Waals surface area contributed by atoms with Crippen LogP contribution in [0, 0.1) is 29.1 Å². The van der Waals surface area contributed by atoms with E-state index in [1.807, 2.05) is 0 Å². The molecule has 1 saturated heterocycles. The highest BCUT2D eigenvalue weighted by molar-refractivity contribution is 8.21. The molecular formula is C22H26N2O3S2. The van der Waals surface area contributed by atoms with Gasteiger partial charge in [0, 0.05) is 17.2 Å². The van der Waals surface area contributed by atoms with E-state index in [-0.39, 0.29) is 24.4 Å². The minimum atomic E-state index is -0.333. The van der Waals surface area contributed by atoms with Crippen LogP contribution in [0.2, 0.25) is 0 Å². The number of carbonyl (C=O) groups is 2. The summed E-state index contributed by atoms with van der Waals surface area (Å²) in [7, 11) is 0. The van der Waals surface area contributed by atoms with E-state index in [1.54, 1.807) is 24.3 Å². The molecule has 3 fully saturated rings. The van der Waals surface area contributed by atoms with Crippen LogP contribution in [-0.4, -0.2) is 34.1 Å². The topological polar surface area (TPSA) is 79.2 Å². The highest BCUT2D eigenvalue weighted by Crippen LogP contribution is 2.64. The molecule has 1 N–H and O–H groups in total. The van der Waals surface area contributed by atoms with Crippen LogP contribution in [0.1, 0.15) is 37.7 Å². The first kappa shape index (κ1) is 20.6. The van der Waals surface area contributed by atoms with Crippen molar-refractivity contribution in [3.05, 3.63) is 29.8 Å². The summed E-state index contributed by atoms with van der Waals surface area (Å²) in [6.45, 7) is -0.251. The van der Waals surface area contributed by atoms with Gasteiger partial charge >= 0.3 is 5.97 Å². The lowest BCUT2D eigenvalue weighted by Crippen LogP contribution is -2.48. The van der Waals surface area contributed by atoms with Gasteiger partial charge in [0.25, 0.3) is 5.91 Å². The molecule has 1 aromatic carbocycles. The van der Waals surface area contributed by atoms with Crippen LogP contribution < -0.4 is 5.32 Å². The molecule has 4 rings (SSSR count). The van der Waals surface area contributed by atoms with Crippen molar-refractivity contribution < 1.29 is 14.3 Å². The van der Waals surface area contributed by atoms with Gasteiger partial charge in [0.2, 0.25) is 0 Å². The highest BCUT2D eigenvalue weighted by Gasteiger charge is 2.55. The molecule has 29 heavy (non-hydrogen) atoms. The lowest BCUT2D eigenvalue weighted by Gasteiger charge is -2.51. The quantitative estimate of drug-likeness (QED) is 0.704. The van der Waals surface area contributed by atoms with Crippen molar-refractivity contribution in [1.29, 1.82) is 5.26 Å². The number of hydrogen-bond acceptors (Lipinski definition) is 6. The second-order valence-corrected chi connectivity index (χ2v) is 11.1. The van der Waals surface area contributed by atoms with Crippen molar-refractivity contribution in [1.82, 2.24) is 0 Å². The van der Waals surface area contributed by atoms with E-state index in [0.29, 0.717) is 28.0 Å². The van der Waals surface area contributed by atoms with Crippen LogP contribution in [-0.2, 0) is 20.7 Å². The Labute approximate surface area is 180 Å². The number of amides is 1. The Morgan fingerprint density at radius 1 is 1.14 bits per heavy atom. The zero-order valence-corrected chi connectivity index (χ0v) is 18.0. The van der Waals surface area contributed by atoms with Gasteiger partial charge in [-0.2, -0.15) is 5.26 Å². The summed E-state index contributed by atoms with van der Waals surface area (Å²) in [5.74, 6) is 3.01. The Morgan fingerprint density at radius 2 is 1.79 bits per heavy atom. The monoisotopic (exact) mass is 430 g/mol. The van der Waals surface area contributed by atoms with Crippen molar-refractivity contribution in [2.45, 2.75) is 42.6 Å². The number of nitriles is 1. The Bertz CT molecular complexity index is 783. The van der Waals surface area contributed by atoms with Crippen LogP contribution in [0.15, 0.2) is 24.3 Å². The second kappa shape index (κ2) is 9.01. The van der Waals surface area contributed by atoms with Crippen molar-refractivity contribution in [2.75, 3.05) is 23.4 Å². The van der Waals surface area contributed by atoms with Gasteiger partial charge in [0.1, 0.15) is 0 Å². The van der Waals surface area contributed by atoms with Crippen molar-refractivity contribution in [2.24, 2.45) is 17.8 Å². The number of esters is 1. The number of nitrogens with zero attached hydrogens (tertiary/aromatic N) is 1. The molecule has 5 nitrogen and oxygen atoms in total. The van der Waals surface area contributed by atoms with E-state index in [2.05, 4.69) is 34.9 Å². The van der Waals surface area contributed by atoms with E-state index >= 15 is 0 Å². The van der Waals surface area contributed by atoms with Crippen LogP contribution in [0.3, 0.4) is 0 Å². The summed E-state index contributed by atoms with van der Waals surface area (Å²) in [5, 5.41) is 11.4. The predicted octanol–water partition coefficient (Wildman–Crippen LogP) is 4.24. The van der Waals surface area contributed by atoms with Gasteiger partial charge in [-0.05, 0) is 55.2 Å². The fourth-order valence-electron chi connectivity index (χ4n) is 5.05. The average Bonchev–Trinajstić information content (AvgIpc) is 3.17. The Morgan fingerprint density at radius 3 is 2.41 bits per heavy atom. The molecule has 0 aromatic heterocycles. The number of thioether (sulfide) groups is 2. The minimum Gasteiger partial charge on any atom is -0.455 e. The Hall–Kier alpha value is -1.65. The SMILES string of the molecule is N#CCc1ccc(NC(=O)COC(=O)C2C[C@H]3CCC[C@@H](C2)C32SCCS2)cc1. The number of nitrogens with one attached hydrogen (secondary N) is 1. The first-order valence-corrected chi connectivity index (χ1v) is 12.3. The smallest absolute Gasteiger partial charge is 0.309 e. The third kappa shape index (κ3) is 4.44. The van der Waals surface area contributed by atoms with E-state index in [4.69, 9.17) is 10.00 Å². The molecule has 1 spiro atoms. The van der Waals surface area contributed by atoms with Crippen LogP contribution in [0.4, 0.5) is 5.69 Å². The first-order valence-electron chi connectivity index (χ1n) is 10.3. The van der Waals surface area contributed by atoms with Gasteiger partial charge in [-0.25, -0.2) is 0 Å². The number of benzene rings is 1. The van der Waals surface area contributed by atoms with Crippen molar-refractivity contribution >= 4 is 41.1 Å². The minimum absolute atomic E-state index is 0.0733. The van der Waals surface area contributed by atoms with Gasteiger partial charge in [0.05, 0.1) is 22.5 Å². The van der Waals surface area contributed by atoms with Crippen molar-refractivity contribution in [3.8, 4) is 6.07 Å². The average molecular weight is 431 g/mol. The molecule has 3 atom stereocenters. The summed E-state index contributed by atoms with van der Waals surface area (Å²) in [5.41, 5.74) is 1.54. The van der Waals surface area contributed by atoms with Gasteiger partial charge in [-0.15, -0.1) is 23.5 Å². The third-order valence-electron chi connectivity index (χ3n) is 6.32. The molecular weight excluding hydrogens is 404 g/mol. The molecule has 0 radical (unpaired) electrons. The van der Waals surface area contributed by atoms with E-state index in [9.17, 15) is 9.59 Å². The maximum atomic E-state index is 12.7. The predicted molar refractivity (Wildman–Crippen MR) is 117 cm³/mol. The number of anilines is 1. The zero-order valence-electron chi connectivity index (χ0n) is 16.4. The first-order chi connectivity index (χ1) is 14.1. The lowest BCUT2D eigenvalue weighted by atomic mass is 9.67. The number of rotatable bonds is 5. The maximum Gasteiger partial charge on any atom is 0.309 e. The number of hydrogen-bond donors (Lipinski definition) is 1. The highest BCUT2D eigenvalue weighted by atomic mass is 32.2. The second-order valence-electron chi connectivity index (χ2n) is 8.10. The molecule has 3 aliphatic rings. The third-order valence-corrected chi connectivity index (χ3v) is 10.3. The van der Waals surface area contributed by atoms with Crippen LogP contribution in [0.5, 0.6) is 0 Å². The molecule has 7 heteroatoms. The molecule has 1 aromatic rings. The standard InChI is InChI=1S/C22H26N2O3S2/c23-9-8-15-4-6-19(7-5-15)24-20(25)14-27-21(26)16-12-17-2-1-3-18(13-16)22(17)28-10-11-29-22/h4-7,16-18H,1-3,8,10-14H2,(H,24,25)/t16?,17-,18+. The maximum absolute atomic E-state index is 12.7. The fourth-order valence-corrected chi connectivity index (χ4v) is 8.99. The zero-order chi connectivity index (χ0) is 20.3. The van der Waals surface area contributed by atoms with E-state index in [0.717, 1.165) is 18.4 Å². The van der Waals surface area contributed by atoms with E-state index < -0.39 is 0 Å². The summed E-state index contributed by atoms with van der Waals surface area (Å²) < 4.78 is 5.72. The lowest BCUT2D eigenvalue weighted by molar-refractivity contribution is -0.154. The van der Waals surface area contributed by atoms with Crippen LogP contribution >= 0.6 is 23.5 Å². The Balaban J connectivity index is 1.27. The number of carbonyl (C=O) groups excluding carboxylic acids is 2. The van der Waals surface area contributed by atoms with E-state index in [1.165, 1.54) is 30.8 Å². The van der Waals surface area contributed by atoms with Gasteiger partial charge in [-0.1, -0.05) is 18.6 Å². The largest absolute Gasteiger partial charge is 0.455 e. The Kier molecular flexibility index (Phi) is 6.41. The number of ether oxygens (including phenoxy) is 1. The normalized spacial score (nSPS) is 27.2. The summed E-state index contributed by atoms with van der Waals surface area (Å²) >= 11 is 4.25. The van der Waals surface area contributed by atoms with Gasteiger partial charge in [-0.3, -0.25) is 9.59 Å². The van der Waals surface area contributed by atoms with Gasteiger partial charge in [0.15, 0.2) is 6.61 Å². The molecule has 1 amide bonds. The molecule has 154 valence electrons. The summed E-state index contributed by atoms with van der Waals surface area (Å²) in [6, 6.07) is 9.21. The molecule has 1 aliphatic heterocycles. The fraction of sp³-hybridized carbons (Fsp3) is 0.591. The molecule has 1 unspecified atom stereocenters. The molecule has 1 heterocycles. The summed E-state index contributed by atoms with van der Waals surface area (Å²) in [4.78, 5) is 24.8.